The number of rotatable bonds is 11. The Morgan fingerprint density at radius 2 is 1.66 bits per heavy atom. The van der Waals surface area contributed by atoms with Crippen LogP contribution in [0.25, 0.3) is 0 Å². The lowest BCUT2D eigenvalue weighted by Crippen LogP contribution is -2.59. The molecule has 44 heavy (non-hydrogen) atoms. The van der Waals surface area contributed by atoms with Gasteiger partial charge in [-0.25, -0.2) is 0 Å². The van der Waals surface area contributed by atoms with Crippen molar-refractivity contribution in [3.05, 3.63) is 107 Å². The zero-order chi connectivity index (χ0) is 31.9. The van der Waals surface area contributed by atoms with Crippen LogP contribution in [0.2, 0.25) is 0 Å². The number of hydrogen-bond acceptors (Lipinski definition) is 6. The Labute approximate surface area is 262 Å². The highest BCUT2D eigenvalue weighted by molar-refractivity contribution is 8.00. The molecule has 3 aromatic carbocycles. The number of benzene rings is 3. The van der Waals surface area contributed by atoms with E-state index in [1.54, 1.807) is 18.2 Å². The van der Waals surface area contributed by atoms with Crippen LogP contribution >= 0.6 is 11.8 Å². The summed E-state index contributed by atoms with van der Waals surface area (Å²) < 4.78 is -0.608. The molecule has 0 saturated carbocycles. The molecule has 1 heterocycles. The quantitative estimate of drug-likeness (QED) is 0.262. The number of carbonyl (C=O) groups excluding carboxylic acids is 4. The third-order valence-corrected chi connectivity index (χ3v) is 9.13. The van der Waals surface area contributed by atoms with E-state index in [1.165, 1.54) is 16.7 Å². The van der Waals surface area contributed by atoms with Crippen molar-refractivity contribution in [3.63, 3.8) is 0 Å². The van der Waals surface area contributed by atoms with E-state index in [1.807, 2.05) is 88.4 Å². The Morgan fingerprint density at radius 3 is 2.36 bits per heavy atom. The van der Waals surface area contributed by atoms with Gasteiger partial charge in [0.15, 0.2) is 6.10 Å². The van der Waals surface area contributed by atoms with Crippen LogP contribution in [0.1, 0.15) is 46.5 Å². The molecule has 0 aromatic heterocycles. The Kier molecular flexibility index (Phi) is 10.8. The lowest BCUT2D eigenvalue weighted by molar-refractivity contribution is -0.147. The number of hydrogen-bond donors (Lipinski definition) is 4. The largest absolute Gasteiger partial charge is 0.381 e. The normalized spacial score (nSPS) is 16.9. The zero-order valence-electron chi connectivity index (χ0n) is 25.5. The van der Waals surface area contributed by atoms with E-state index >= 15 is 0 Å². The average Bonchev–Trinajstić information content (AvgIpc) is 3.33. The first-order chi connectivity index (χ1) is 21.0. The van der Waals surface area contributed by atoms with Gasteiger partial charge >= 0.3 is 0 Å². The third kappa shape index (κ3) is 8.27. The van der Waals surface area contributed by atoms with Gasteiger partial charge in [-0.2, -0.15) is 0 Å². The fourth-order valence-electron chi connectivity index (χ4n) is 5.26. The Balaban J connectivity index is 1.47. The van der Waals surface area contributed by atoms with Crippen LogP contribution in [0, 0.1) is 13.8 Å². The fourth-order valence-corrected chi connectivity index (χ4v) is 6.40. The summed E-state index contributed by atoms with van der Waals surface area (Å²) in [5.41, 5.74) is 4.16. The lowest BCUT2D eigenvalue weighted by Gasteiger charge is -2.33. The number of carbonyl (C=O) groups is 4. The number of aliphatic hydroxyl groups is 1. The van der Waals surface area contributed by atoms with Gasteiger partial charge in [0.2, 0.25) is 11.8 Å². The average molecular weight is 617 g/mol. The molecule has 0 unspecified atom stereocenters. The van der Waals surface area contributed by atoms with E-state index in [0.717, 1.165) is 22.3 Å². The molecule has 0 bridgehead atoms. The minimum absolute atomic E-state index is 0.167. The molecule has 232 valence electrons. The molecule has 3 aromatic rings. The second kappa shape index (κ2) is 14.5. The molecule has 4 amide bonds. The van der Waals surface area contributed by atoms with Crippen molar-refractivity contribution in [2.24, 2.45) is 0 Å². The van der Waals surface area contributed by atoms with Crippen LogP contribution in [-0.2, 0) is 27.3 Å². The molecule has 0 spiro atoms. The van der Waals surface area contributed by atoms with Crippen LogP contribution < -0.4 is 16.0 Å². The van der Waals surface area contributed by atoms with Crippen molar-refractivity contribution in [3.8, 4) is 0 Å². The van der Waals surface area contributed by atoms with E-state index < -0.39 is 40.7 Å². The monoisotopic (exact) mass is 616 g/mol. The minimum atomic E-state index is -1.63. The van der Waals surface area contributed by atoms with Crippen molar-refractivity contribution in [1.29, 1.82) is 0 Å². The standard InChI is InChI=1S/C34H40N4O5S/c1-22-11-10-16-25(17-22)31(41)36-20-28(39)37-27(18-24-13-6-5-7-14-24)29(40)33(43)38-21-44-34(3,4)30(38)32(42)35-19-26-15-9-8-12-23(26)2/h5-17,27,29-30,40H,18-21H2,1-4H3,(H,35,42)(H,36,41)(H,37,39)/t27-,29-,30+/m0/s1. The summed E-state index contributed by atoms with van der Waals surface area (Å²) >= 11 is 1.45. The lowest BCUT2D eigenvalue weighted by atomic mass is 9.97. The van der Waals surface area contributed by atoms with Gasteiger partial charge in [-0.3, -0.25) is 19.2 Å². The highest BCUT2D eigenvalue weighted by Gasteiger charge is 2.49. The summed E-state index contributed by atoms with van der Waals surface area (Å²) in [4.78, 5) is 54.3. The number of thioether (sulfide) groups is 1. The highest BCUT2D eigenvalue weighted by Crippen LogP contribution is 2.40. The van der Waals surface area contributed by atoms with Crippen LogP contribution in [0.5, 0.6) is 0 Å². The first-order valence-corrected chi connectivity index (χ1v) is 15.6. The predicted molar refractivity (Wildman–Crippen MR) is 172 cm³/mol. The Hall–Kier alpha value is -4.15. The fraction of sp³-hybridized carbons (Fsp3) is 0.353. The van der Waals surface area contributed by atoms with E-state index in [4.69, 9.17) is 0 Å². The van der Waals surface area contributed by atoms with E-state index in [9.17, 15) is 24.3 Å². The summed E-state index contributed by atoms with van der Waals surface area (Å²) in [7, 11) is 0. The molecular weight excluding hydrogens is 576 g/mol. The summed E-state index contributed by atoms with van der Waals surface area (Å²) in [6, 6.07) is 22.1. The predicted octanol–water partition coefficient (Wildman–Crippen LogP) is 3.12. The van der Waals surface area contributed by atoms with Gasteiger partial charge in [0.25, 0.3) is 11.8 Å². The van der Waals surface area contributed by atoms with E-state index in [-0.39, 0.29) is 24.7 Å². The first kappa shape index (κ1) is 32.8. The molecule has 9 nitrogen and oxygen atoms in total. The number of nitrogens with zero attached hydrogens (tertiary/aromatic N) is 1. The van der Waals surface area contributed by atoms with Crippen molar-refractivity contribution in [2.75, 3.05) is 12.4 Å². The summed E-state index contributed by atoms with van der Waals surface area (Å²) in [6.07, 6.45) is -1.47. The molecule has 0 aliphatic carbocycles. The molecular formula is C34H40N4O5S. The van der Waals surface area contributed by atoms with Crippen molar-refractivity contribution < 1.29 is 24.3 Å². The van der Waals surface area contributed by atoms with Gasteiger partial charge in [-0.15, -0.1) is 11.8 Å². The number of aryl methyl sites for hydroxylation is 2. The van der Waals surface area contributed by atoms with Gasteiger partial charge in [-0.1, -0.05) is 72.3 Å². The third-order valence-electron chi connectivity index (χ3n) is 7.76. The molecule has 1 aliphatic rings. The second-order valence-corrected chi connectivity index (χ2v) is 13.2. The van der Waals surface area contributed by atoms with Gasteiger partial charge in [-0.05, 0) is 62.9 Å². The molecule has 3 atom stereocenters. The van der Waals surface area contributed by atoms with E-state index in [2.05, 4.69) is 16.0 Å². The second-order valence-electron chi connectivity index (χ2n) is 11.6. The van der Waals surface area contributed by atoms with Crippen LogP contribution in [0.3, 0.4) is 0 Å². The summed E-state index contributed by atoms with van der Waals surface area (Å²) in [5.74, 6) is -1.71. The smallest absolute Gasteiger partial charge is 0.254 e. The highest BCUT2D eigenvalue weighted by atomic mass is 32.2. The van der Waals surface area contributed by atoms with Crippen LogP contribution in [-0.4, -0.2) is 69.0 Å². The maximum Gasteiger partial charge on any atom is 0.254 e. The van der Waals surface area contributed by atoms with Crippen molar-refractivity contribution in [2.45, 2.75) is 63.6 Å². The number of amides is 4. The molecule has 1 saturated heterocycles. The van der Waals surface area contributed by atoms with Gasteiger partial charge in [0.1, 0.15) is 6.04 Å². The SMILES string of the molecule is Cc1cccc(C(=O)NCC(=O)N[C@@H](Cc2ccccc2)[C@H](O)C(=O)N2CSC(C)(C)[C@H]2C(=O)NCc2ccccc2C)c1. The van der Waals surface area contributed by atoms with Gasteiger partial charge in [0, 0.05) is 16.9 Å². The molecule has 10 heteroatoms. The minimum Gasteiger partial charge on any atom is -0.381 e. The number of nitrogens with one attached hydrogen (secondary N) is 3. The Morgan fingerprint density at radius 1 is 0.955 bits per heavy atom. The zero-order valence-corrected chi connectivity index (χ0v) is 26.3. The van der Waals surface area contributed by atoms with Crippen LogP contribution in [0.15, 0.2) is 78.9 Å². The molecule has 4 N–H and O–H groups in total. The van der Waals surface area contributed by atoms with Gasteiger partial charge in [0.05, 0.1) is 18.5 Å². The van der Waals surface area contributed by atoms with Crippen LogP contribution in [0.4, 0.5) is 0 Å². The first-order valence-electron chi connectivity index (χ1n) is 14.6. The summed E-state index contributed by atoms with van der Waals surface area (Å²) in [5, 5.41) is 19.7. The van der Waals surface area contributed by atoms with Gasteiger partial charge < -0.3 is 26.0 Å². The molecule has 4 rings (SSSR count). The van der Waals surface area contributed by atoms with E-state index in [0.29, 0.717) is 12.1 Å². The van der Waals surface area contributed by atoms with Crippen molar-refractivity contribution in [1.82, 2.24) is 20.9 Å². The number of aliphatic hydroxyl groups excluding tert-OH is 1. The maximum atomic E-state index is 13.8. The maximum absolute atomic E-state index is 13.8. The molecule has 0 radical (unpaired) electrons. The molecule has 1 fully saturated rings. The summed E-state index contributed by atoms with van der Waals surface area (Å²) in [6.45, 7) is 7.61. The molecule has 1 aliphatic heterocycles. The topological polar surface area (TPSA) is 128 Å². The van der Waals surface area contributed by atoms with Crippen molar-refractivity contribution >= 4 is 35.4 Å². The Bertz CT molecular complexity index is 1500.